The summed E-state index contributed by atoms with van der Waals surface area (Å²) in [5, 5.41) is 3.71. The van der Waals surface area contributed by atoms with E-state index in [1.807, 2.05) is 67.6 Å². The van der Waals surface area contributed by atoms with Gasteiger partial charge in [0.15, 0.2) is 0 Å². The van der Waals surface area contributed by atoms with Gasteiger partial charge in [0, 0.05) is 11.1 Å². The predicted molar refractivity (Wildman–Crippen MR) is 108 cm³/mol. The van der Waals surface area contributed by atoms with Crippen LogP contribution in [-0.2, 0) is 4.79 Å². The van der Waals surface area contributed by atoms with E-state index >= 15 is 0 Å². The van der Waals surface area contributed by atoms with Gasteiger partial charge in [0.1, 0.15) is 0 Å². The fourth-order valence-corrected chi connectivity index (χ4v) is 2.93. The zero-order valence-electron chi connectivity index (χ0n) is 14.5. The number of carbonyl (C=O) groups excluding carboxylic acids is 1. The molecule has 0 bridgehead atoms. The minimum Gasteiger partial charge on any atom is -0.342 e. The van der Waals surface area contributed by atoms with E-state index < -0.39 is 0 Å². The van der Waals surface area contributed by atoms with E-state index in [4.69, 9.17) is 11.6 Å². The highest BCUT2D eigenvalue weighted by molar-refractivity contribution is 6.32. The minimum absolute atomic E-state index is 0.167. The van der Waals surface area contributed by atoms with Crippen LogP contribution in [-0.4, -0.2) is 5.91 Å². The molecular weight excluding hydrogens is 342 g/mol. The smallest absolute Gasteiger partial charge is 0.244 e. The Kier molecular flexibility index (Phi) is 5.88. The third-order valence-corrected chi connectivity index (χ3v) is 4.49. The van der Waals surface area contributed by atoms with E-state index in [0.29, 0.717) is 5.02 Å². The number of aryl methyl sites for hydroxylation is 1. The lowest BCUT2D eigenvalue weighted by atomic mass is 9.98. The van der Waals surface area contributed by atoms with Crippen LogP contribution in [0.5, 0.6) is 0 Å². The van der Waals surface area contributed by atoms with E-state index in [2.05, 4.69) is 17.4 Å². The molecule has 0 aliphatic heterocycles. The van der Waals surface area contributed by atoms with Crippen molar-refractivity contribution < 1.29 is 4.79 Å². The standard InChI is InChI=1S/C23H20ClNO/c1-17-11-13-20(14-12-17)23(19-8-3-2-4-9-19)25-22(26)16-15-18-7-5-6-10-21(18)24/h2-16,23H,1H3,(H,25,26)/b16-15+/t23-/m0/s1. The summed E-state index contributed by atoms with van der Waals surface area (Å²) in [7, 11) is 0. The van der Waals surface area contributed by atoms with Gasteiger partial charge >= 0.3 is 0 Å². The number of hydrogen-bond donors (Lipinski definition) is 1. The zero-order chi connectivity index (χ0) is 18.4. The largest absolute Gasteiger partial charge is 0.342 e. The van der Waals surface area contributed by atoms with Crippen LogP contribution in [0.25, 0.3) is 6.08 Å². The Labute approximate surface area is 159 Å². The second-order valence-corrected chi connectivity index (χ2v) is 6.53. The molecule has 1 N–H and O–H groups in total. The van der Waals surface area contributed by atoms with Gasteiger partial charge in [-0.3, -0.25) is 4.79 Å². The van der Waals surface area contributed by atoms with Gasteiger partial charge in [-0.05, 0) is 35.8 Å². The Balaban J connectivity index is 1.83. The molecule has 0 radical (unpaired) electrons. The lowest BCUT2D eigenvalue weighted by molar-refractivity contribution is -0.116. The van der Waals surface area contributed by atoms with Gasteiger partial charge in [-0.1, -0.05) is 90.0 Å². The number of halogens is 1. The molecule has 0 spiro atoms. The van der Waals surface area contributed by atoms with Crippen LogP contribution >= 0.6 is 11.6 Å². The van der Waals surface area contributed by atoms with Gasteiger partial charge in [-0.15, -0.1) is 0 Å². The van der Waals surface area contributed by atoms with Crippen molar-refractivity contribution in [3.8, 4) is 0 Å². The monoisotopic (exact) mass is 361 g/mol. The molecule has 0 aromatic heterocycles. The lowest BCUT2D eigenvalue weighted by Crippen LogP contribution is -2.27. The molecule has 0 heterocycles. The minimum atomic E-state index is -0.208. The van der Waals surface area contributed by atoms with Gasteiger partial charge in [0.2, 0.25) is 5.91 Å². The van der Waals surface area contributed by atoms with Crippen molar-refractivity contribution >= 4 is 23.6 Å². The van der Waals surface area contributed by atoms with Crippen molar-refractivity contribution in [3.63, 3.8) is 0 Å². The maximum absolute atomic E-state index is 12.5. The van der Waals surface area contributed by atoms with Gasteiger partial charge in [-0.25, -0.2) is 0 Å². The molecule has 0 aliphatic carbocycles. The molecule has 3 heteroatoms. The zero-order valence-corrected chi connectivity index (χ0v) is 15.3. The third kappa shape index (κ3) is 4.62. The fourth-order valence-electron chi connectivity index (χ4n) is 2.73. The predicted octanol–water partition coefficient (Wildman–Crippen LogP) is 5.57. The van der Waals surface area contributed by atoms with Crippen molar-refractivity contribution in [2.75, 3.05) is 0 Å². The van der Waals surface area contributed by atoms with Gasteiger partial charge in [0.05, 0.1) is 6.04 Å². The molecule has 26 heavy (non-hydrogen) atoms. The van der Waals surface area contributed by atoms with Crippen molar-refractivity contribution in [1.82, 2.24) is 5.32 Å². The fraction of sp³-hybridized carbons (Fsp3) is 0.0870. The molecule has 130 valence electrons. The molecule has 3 rings (SSSR count). The lowest BCUT2D eigenvalue weighted by Gasteiger charge is -2.19. The van der Waals surface area contributed by atoms with Crippen LogP contribution in [0.15, 0.2) is 84.9 Å². The number of nitrogens with one attached hydrogen (secondary N) is 1. The summed E-state index contributed by atoms with van der Waals surface area (Å²) >= 11 is 6.14. The van der Waals surface area contributed by atoms with Gasteiger partial charge < -0.3 is 5.32 Å². The van der Waals surface area contributed by atoms with Crippen LogP contribution in [0.2, 0.25) is 5.02 Å². The third-order valence-electron chi connectivity index (χ3n) is 4.15. The number of rotatable bonds is 5. The maximum atomic E-state index is 12.5. The maximum Gasteiger partial charge on any atom is 0.244 e. The summed E-state index contributed by atoms with van der Waals surface area (Å²) in [6.45, 7) is 2.05. The van der Waals surface area contributed by atoms with E-state index in [9.17, 15) is 4.79 Å². The summed E-state index contributed by atoms with van der Waals surface area (Å²) < 4.78 is 0. The number of benzene rings is 3. The molecule has 0 saturated carbocycles. The first-order valence-corrected chi connectivity index (χ1v) is 8.86. The van der Waals surface area contributed by atoms with Crippen molar-refractivity contribution in [2.24, 2.45) is 0 Å². The van der Waals surface area contributed by atoms with Crippen LogP contribution in [0.1, 0.15) is 28.3 Å². The summed E-state index contributed by atoms with van der Waals surface area (Å²) in [5.74, 6) is -0.167. The first-order chi connectivity index (χ1) is 12.6. The summed E-state index contributed by atoms with van der Waals surface area (Å²) in [6.07, 6.45) is 3.25. The normalized spacial score (nSPS) is 12.1. The second kappa shape index (κ2) is 8.50. The van der Waals surface area contributed by atoms with Crippen LogP contribution in [0.4, 0.5) is 0 Å². The summed E-state index contributed by atoms with van der Waals surface area (Å²) in [6, 6.07) is 25.4. The molecule has 3 aromatic rings. The summed E-state index contributed by atoms with van der Waals surface area (Å²) in [4.78, 5) is 12.5. The van der Waals surface area contributed by atoms with Crippen molar-refractivity contribution in [2.45, 2.75) is 13.0 Å². The average Bonchev–Trinajstić information content (AvgIpc) is 2.67. The van der Waals surface area contributed by atoms with E-state index in [1.165, 1.54) is 11.6 Å². The first kappa shape index (κ1) is 18.0. The number of hydrogen-bond acceptors (Lipinski definition) is 1. The van der Waals surface area contributed by atoms with E-state index in [1.54, 1.807) is 12.1 Å². The Morgan fingerprint density at radius 2 is 1.50 bits per heavy atom. The SMILES string of the molecule is Cc1ccc([C@@H](NC(=O)/C=C/c2ccccc2Cl)c2ccccc2)cc1. The van der Waals surface area contributed by atoms with E-state index in [0.717, 1.165) is 16.7 Å². The molecule has 1 atom stereocenters. The quantitative estimate of drug-likeness (QED) is 0.591. The average molecular weight is 362 g/mol. The highest BCUT2D eigenvalue weighted by Crippen LogP contribution is 2.22. The molecule has 0 saturated heterocycles. The summed E-state index contributed by atoms with van der Waals surface area (Å²) in [5.41, 5.74) is 4.08. The van der Waals surface area contributed by atoms with Crippen LogP contribution in [0, 0.1) is 6.92 Å². The Hall–Kier alpha value is -2.84. The van der Waals surface area contributed by atoms with Crippen LogP contribution < -0.4 is 5.32 Å². The van der Waals surface area contributed by atoms with E-state index in [-0.39, 0.29) is 11.9 Å². The molecule has 1 amide bonds. The van der Waals surface area contributed by atoms with Crippen molar-refractivity contribution in [3.05, 3.63) is 112 Å². The number of amides is 1. The van der Waals surface area contributed by atoms with Gasteiger partial charge in [0.25, 0.3) is 0 Å². The molecule has 0 aliphatic rings. The highest BCUT2D eigenvalue weighted by Gasteiger charge is 2.15. The van der Waals surface area contributed by atoms with Crippen molar-refractivity contribution in [1.29, 1.82) is 0 Å². The Bertz CT molecular complexity index is 901. The Morgan fingerprint density at radius 1 is 0.885 bits per heavy atom. The van der Waals surface area contributed by atoms with Crippen LogP contribution in [0.3, 0.4) is 0 Å². The topological polar surface area (TPSA) is 29.1 Å². The molecule has 0 unspecified atom stereocenters. The first-order valence-electron chi connectivity index (χ1n) is 8.48. The Morgan fingerprint density at radius 3 is 2.19 bits per heavy atom. The molecule has 2 nitrogen and oxygen atoms in total. The molecule has 0 fully saturated rings. The number of carbonyl (C=O) groups is 1. The second-order valence-electron chi connectivity index (χ2n) is 6.12. The van der Waals surface area contributed by atoms with Gasteiger partial charge in [-0.2, -0.15) is 0 Å². The highest BCUT2D eigenvalue weighted by atomic mass is 35.5. The molecule has 3 aromatic carbocycles. The molecular formula is C23H20ClNO.